The van der Waals surface area contributed by atoms with Gasteiger partial charge in [-0.3, -0.25) is 4.79 Å². The summed E-state index contributed by atoms with van der Waals surface area (Å²) in [6, 6.07) is 9.30. The van der Waals surface area contributed by atoms with Gasteiger partial charge in [0.1, 0.15) is 0 Å². The number of piperazine rings is 1. The molecule has 0 N–H and O–H groups in total. The fraction of sp³-hybridized carbons (Fsp3) is 0.708. The smallest absolute Gasteiger partial charge is 0.228 e. The van der Waals surface area contributed by atoms with Crippen LogP contribution in [0.4, 0.5) is 0 Å². The van der Waals surface area contributed by atoms with Crippen molar-refractivity contribution in [1.29, 1.82) is 0 Å². The van der Waals surface area contributed by atoms with Gasteiger partial charge in [-0.2, -0.15) is 0 Å². The highest BCUT2D eigenvalue weighted by Gasteiger charge is 2.58. The molecule has 3 nitrogen and oxygen atoms in total. The molecule has 27 heavy (non-hydrogen) atoms. The zero-order chi connectivity index (χ0) is 18.6. The first kappa shape index (κ1) is 17.7. The van der Waals surface area contributed by atoms with Crippen LogP contribution in [-0.2, 0) is 10.2 Å². The van der Waals surface area contributed by atoms with Gasteiger partial charge in [-0.25, -0.2) is 0 Å². The molecule has 4 aliphatic carbocycles. The number of nitrogens with zero attached hydrogens (tertiary/aromatic N) is 2. The first-order valence-corrected chi connectivity index (χ1v) is 11.0. The summed E-state index contributed by atoms with van der Waals surface area (Å²) in [4.78, 5) is 18.4. The number of rotatable bonds is 2. The molecule has 1 amide bonds. The van der Waals surface area contributed by atoms with Crippen LogP contribution in [0, 0.1) is 24.2 Å². The van der Waals surface area contributed by atoms with Crippen LogP contribution in [0.5, 0.6) is 0 Å². The van der Waals surface area contributed by atoms with Gasteiger partial charge in [-0.05, 0) is 81.7 Å². The standard InChI is InChI=1S/C24H34N2O/c1-18-3-5-21(6-4-18)24-14-19-7-8-23(17-24,15-20(13-19)16-24)22(27)26-11-9-25(2)10-12-26/h3-6,19-20H,7-17H2,1-2H3. The molecule has 1 heterocycles. The second-order valence-electron chi connectivity index (χ2n) is 10.3. The largest absolute Gasteiger partial charge is 0.340 e. The maximum Gasteiger partial charge on any atom is 0.228 e. The molecule has 5 aliphatic rings. The maximum absolute atomic E-state index is 13.8. The molecule has 146 valence electrons. The third kappa shape index (κ3) is 2.93. The second-order valence-corrected chi connectivity index (χ2v) is 10.3. The monoisotopic (exact) mass is 366 g/mol. The Bertz CT molecular complexity index is 720. The predicted molar refractivity (Wildman–Crippen MR) is 109 cm³/mol. The highest BCUT2D eigenvalue weighted by Crippen LogP contribution is 2.63. The summed E-state index contributed by atoms with van der Waals surface area (Å²) < 4.78 is 0. The van der Waals surface area contributed by atoms with E-state index < -0.39 is 0 Å². The van der Waals surface area contributed by atoms with Crippen molar-refractivity contribution in [2.75, 3.05) is 33.2 Å². The summed E-state index contributed by atoms with van der Waals surface area (Å²) in [5.74, 6) is 2.08. The lowest BCUT2D eigenvalue weighted by atomic mass is 9.52. The Balaban J connectivity index is 1.50. The first-order valence-electron chi connectivity index (χ1n) is 11.0. The molecule has 1 aromatic carbocycles. The number of aryl methyl sites for hydroxylation is 1. The van der Waals surface area contributed by atoms with Gasteiger partial charge in [0, 0.05) is 26.2 Å². The van der Waals surface area contributed by atoms with Crippen LogP contribution in [0.25, 0.3) is 0 Å². The first-order chi connectivity index (χ1) is 13.0. The summed E-state index contributed by atoms with van der Waals surface area (Å²) in [5, 5.41) is 0. The Morgan fingerprint density at radius 2 is 1.70 bits per heavy atom. The Morgan fingerprint density at radius 3 is 2.44 bits per heavy atom. The summed E-state index contributed by atoms with van der Waals surface area (Å²) in [6.07, 6.45) is 8.64. The van der Waals surface area contributed by atoms with E-state index in [4.69, 9.17) is 0 Å². The van der Waals surface area contributed by atoms with E-state index in [1.165, 1.54) is 36.8 Å². The van der Waals surface area contributed by atoms with Crippen molar-refractivity contribution in [2.45, 2.75) is 57.3 Å². The number of carbonyl (C=O) groups is 1. The average Bonchev–Trinajstić information content (AvgIpc) is 2.86. The number of hydrogen-bond donors (Lipinski definition) is 0. The Kier molecular flexibility index (Phi) is 4.16. The third-order valence-electron chi connectivity index (χ3n) is 8.32. The van der Waals surface area contributed by atoms with Gasteiger partial charge in [-0.15, -0.1) is 0 Å². The van der Waals surface area contributed by atoms with Gasteiger partial charge in [0.2, 0.25) is 5.91 Å². The Hall–Kier alpha value is -1.35. The van der Waals surface area contributed by atoms with Gasteiger partial charge in [0.25, 0.3) is 0 Å². The van der Waals surface area contributed by atoms with E-state index in [9.17, 15) is 4.79 Å². The number of carbonyl (C=O) groups excluding carboxylic acids is 1. The zero-order valence-corrected chi connectivity index (χ0v) is 17.0. The lowest BCUT2D eigenvalue weighted by Gasteiger charge is -2.53. The van der Waals surface area contributed by atoms with Gasteiger partial charge in [0.15, 0.2) is 0 Å². The van der Waals surface area contributed by atoms with E-state index in [-0.39, 0.29) is 10.8 Å². The Morgan fingerprint density at radius 1 is 1.00 bits per heavy atom. The number of hydrogen-bond acceptors (Lipinski definition) is 2. The number of amides is 1. The van der Waals surface area contributed by atoms with E-state index in [1.54, 1.807) is 0 Å². The molecule has 0 aromatic heterocycles. The minimum atomic E-state index is -0.0883. The second kappa shape index (κ2) is 6.34. The third-order valence-corrected chi connectivity index (χ3v) is 8.32. The Labute approximate surface area is 164 Å². The summed E-state index contributed by atoms with van der Waals surface area (Å²) in [6.45, 7) is 6.06. The molecule has 4 bridgehead atoms. The molecule has 4 atom stereocenters. The summed E-state index contributed by atoms with van der Waals surface area (Å²) in [5.41, 5.74) is 3.01. The van der Waals surface area contributed by atoms with Crippen LogP contribution in [0.2, 0.25) is 0 Å². The lowest BCUT2D eigenvalue weighted by Crippen LogP contribution is -2.56. The van der Waals surface area contributed by atoms with Crippen LogP contribution < -0.4 is 0 Å². The maximum atomic E-state index is 13.8. The molecule has 4 saturated carbocycles. The van der Waals surface area contributed by atoms with Crippen LogP contribution in [0.1, 0.15) is 56.1 Å². The van der Waals surface area contributed by atoms with Gasteiger partial charge < -0.3 is 9.80 Å². The number of benzene rings is 1. The molecule has 5 fully saturated rings. The normalized spacial score (nSPS) is 38.8. The van der Waals surface area contributed by atoms with E-state index >= 15 is 0 Å². The highest BCUT2D eigenvalue weighted by atomic mass is 16.2. The molecule has 0 spiro atoms. The molecule has 1 aliphatic heterocycles. The van der Waals surface area contributed by atoms with Crippen LogP contribution in [0.3, 0.4) is 0 Å². The van der Waals surface area contributed by atoms with E-state index in [1.807, 2.05) is 0 Å². The van der Waals surface area contributed by atoms with E-state index in [2.05, 4.69) is 48.0 Å². The topological polar surface area (TPSA) is 23.6 Å². The molecule has 1 saturated heterocycles. The van der Waals surface area contributed by atoms with Gasteiger partial charge in [0.05, 0.1) is 5.41 Å². The van der Waals surface area contributed by atoms with E-state index in [0.29, 0.717) is 5.91 Å². The molecular weight excluding hydrogens is 332 g/mol. The molecule has 1 aromatic rings. The predicted octanol–water partition coefficient (Wildman–Crippen LogP) is 4.00. The van der Waals surface area contributed by atoms with Crippen molar-refractivity contribution < 1.29 is 4.79 Å². The molecule has 3 heteroatoms. The fourth-order valence-electron chi connectivity index (χ4n) is 7.15. The van der Waals surface area contributed by atoms with Gasteiger partial charge >= 0.3 is 0 Å². The molecule has 6 rings (SSSR count). The highest BCUT2D eigenvalue weighted by molar-refractivity contribution is 5.83. The van der Waals surface area contributed by atoms with Gasteiger partial charge in [-0.1, -0.05) is 29.8 Å². The average molecular weight is 367 g/mol. The van der Waals surface area contributed by atoms with E-state index in [0.717, 1.165) is 57.3 Å². The minimum Gasteiger partial charge on any atom is -0.340 e. The van der Waals surface area contributed by atoms with Crippen molar-refractivity contribution in [2.24, 2.45) is 17.3 Å². The zero-order valence-electron chi connectivity index (χ0n) is 17.0. The number of fused-ring (bicyclic) bond motifs is 1. The van der Waals surface area contributed by atoms with Crippen molar-refractivity contribution in [3.63, 3.8) is 0 Å². The quantitative estimate of drug-likeness (QED) is 0.790. The van der Waals surface area contributed by atoms with Crippen LogP contribution in [0.15, 0.2) is 24.3 Å². The van der Waals surface area contributed by atoms with Crippen molar-refractivity contribution in [1.82, 2.24) is 9.80 Å². The lowest BCUT2D eigenvalue weighted by molar-refractivity contribution is -0.149. The van der Waals surface area contributed by atoms with Crippen molar-refractivity contribution in [3.8, 4) is 0 Å². The number of likely N-dealkylation sites (N-methyl/N-ethyl adjacent to an activating group) is 1. The summed E-state index contributed by atoms with van der Waals surface area (Å²) in [7, 11) is 2.17. The minimum absolute atomic E-state index is 0.0883. The summed E-state index contributed by atoms with van der Waals surface area (Å²) >= 11 is 0. The SMILES string of the molecule is Cc1ccc(C23CC4CCC(C(=O)N5CCN(C)CC5)(CC(C4)C2)C3)cc1. The molecule has 4 unspecified atom stereocenters. The molecular formula is C24H34N2O. The van der Waals surface area contributed by atoms with Crippen LogP contribution >= 0.6 is 0 Å². The van der Waals surface area contributed by atoms with Crippen molar-refractivity contribution in [3.05, 3.63) is 35.4 Å². The van der Waals surface area contributed by atoms with Crippen LogP contribution in [-0.4, -0.2) is 48.9 Å². The fourth-order valence-corrected chi connectivity index (χ4v) is 7.15. The van der Waals surface area contributed by atoms with Crippen molar-refractivity contribution >= 4 is 5.91 Å². The molecule has 0 radical (unpaired) electrons.